The third-order valence-electron chi connectivity index (χ3n) is 5.78. The van der Waals surface area contributed by atoms with Crippen LogP contribution in [0.2, 0.25) is 0 Å². The topological polar surface area (TPSA) is 55.8 Å². The maximum absolute atomic E-state index is 13.3. The van der Waals surface area contributed by atoms with Crippen LogP contribution in [0.1, 0.15) is 32.3 Å². The minimum Gasteiger partial charge on any atom is -0.465 e. The van der Waals surface area contributed by atoms with Crippen LogP contribution in [-0.2, 0) is 25.5 Å². The molecule has 0 aromatic heterocycles. The van der Waals surface area contributed by atoms with Gasteiger partial charge < -0.3 is 14.4 Å². The summed E-state index contributed by atoms with van der Waals surface area (Å²) in [5.74, 6) is -1.37. The highest BCUT2D eigenvalue weighted by molar-refractivity contribution is 6.03. The Morgan fingerprint density at radius 2 is 2.15 bits per heavy atom. The Morgan fingerprint density at radius 3 is 2.92 bits per heavy atom. The quantitative estimate of drug-likeness (QED) is 0.447. The number of unbranched alkanes of at least 4 members (excludes halogenated alkanes) is 1. The summed E-state index contributed by atoms with van der Waals surface area (Å²) in [4.78, 5) is 27.7. The molecule has 1 amide bonds. The summed E-state index contributed by atoms with van der Waals surface area (Å²) in [6.07, 6.45) is 6.20. The summed E-state index contributed by atoms with van der Waals surface area (Å²) in [6, 6.07) is 7.94. The molecule has 2 saturated heterocycles. The number of fused-ring (bicyclic) bond motifs is 1. The highest BCUT2D eigenvalue weighted by Gasteiger charge is 2.67. The number of hydrogen-bond donors (Lipinski definition) is 0. The van der Waals surface area contributed by atoms with Crippen LogP contribution in [0.5, 0.6) is 0 Å². The SMILES string of the molecule is CCCCOC(=O)[C@@H]1[C@H]2C(=O)N(c3ccccc3CC)C[C@@]23C=C[C@H]1O3. The highest BCUT2D eigenvalue weighted by atomic mass is 16.6. The average Bonchev–Trinajstić information content (AvgIpc) is 3.30. The number of esters is 1. The average molecular weight is 355 g/mol. The van der Waals surface area contributed by atoms with Crippen molar-refractivity contribution in [1.29, 1.82) is 0 Å². The molecule has 0 unspecified atom stereocenters. The fraction of sp³-hybridized carbons (Fsp3) is 0.524. The summed E-state index contributed by atoms with van der Waals surface area (Å²) in [7, 11) is 0. The van der Waals surface area contributed by atoms with Crippen LogP contribution >= 0.6 is 0 Å². The van der Waals surface area contributed by atoms with Crippen LogP contribution in [0.3, 0.4) is 0 Å². The molecule has 0 radical (unpaired) electrons. The maximum atomic E-state index is 13.3. The van der Waals surface area contributed by atoms with Crippen molar-refractivity contribution < 1.29 is 19.1 Å². The Balaban J connectivity index is 1.62. The van der Waals surface area contributed by atoms with Gasteiger partial charge in [0.1, 0.15) is 11.5 Å². The molecule has 5 nitrogen and oxygen atoms in total. The first-order valence-corrected chi connectivity index (χ1v) is 9.54. The lowest BCUT2D eigenvalue weighted by Crippen LogP contribution is -2.40. The number of anilines is 1. The Bertz CT molecular complexity index is 758. The Labute approximate surface area is 154 Å². The summed E-state index contributed by atoms with van der Waals surface area (Å²) < 4.78 is 11.6. The number of hydrogen-bond acceptors (Lipinski definition) is 4. The number of para-hydroxylation sites is 1. The molecule has 3 heterocycles. The van der Waals surface area contributed by atoms with E-state index in [4.69, 9.17) is 9.47 Å². The van der Waals surface area contributed by atoms with E-state index in [1.807, 2.05) is 36.4 Å². The Morgan fingerprint density at radius 1 is 1.35 bits per heavy atom. The van der Waals surface area contributed by atoms with Crippen molar-refractivity contribution >= 4 is 17.6 Å². The van der Waals surface area contributed by atoms with Gasteiger partial charge in [-0.1, -0.05) is 50.6 Å². The number of carbonyl (C=O) groups excluding carboxylic acids is 2. The van der Waals surface area contributed by atoms with Crippen molar-refractivity contribution in [2.45, 2.75) is 44.8 Å². The lowest BCUT2D eigenvalue weighted by molar-refractivity contribution is -0.152. The molecule has 26 heavy (non-hydrogen) atoms. The molecule has 1 spiro atoms. The molecule has 4 rings (SSSR count). The molecule has 1 aromatic rings. The number of ether oxygens (including phenoxy) is 2. The monoisotopic (exact) mass is 355 g/mol. The minimum absolute atomic E-state index is 0.0322. The van der Waals surface area contributed by atoms with E-state index in [0.717, 1.165) is 30.5 Å². The van der Waals surface area contributed by atoms with Crippen molar-refractivity contribution in [3.8, 4) is 0 Å². The second-order valence-corrected chi connectivity index (χ2v) is 7.33. The molecule has 3 aliphatic heterocycles. The molecular weight excluding hydrogens is 330 g/mol. The van der Waals surface area contributed by atoms with Gasteiger partial charge in [0.2, 0.25) is 5.91 Å². The van der Waals surface area contributed by atoms with Crippen molar-refractivity contribution in [2.24, 2.45) is 11.8 Å². The van der Waals surface area contributed by atoms with Crippen LogP contribution in [0.25, 0.3) is 0 Å². The minimum atomic E-state index is -0.697. The third kappa shape index (κ3) is 2.49. The zero-order valence-electron chi connectivity index (χ0n) is 15.3. The first-order valence-electron chi connectivity index (χ1n) is 9.54. The maximum Gasteiger partial charge on any atom is 0.312 e. The van der Waals surface area contributed by atoms with Crippen molar-refractivity contribution in [1.82, 2.24) is 0 Å². The largest absolute Gasteiger partial charge is 0.465 e. The Kier molecular flexibility index (Phi) is 4.35. The van der Waals surface area contributed by atoms with Gasteiger partial charge in [-0.25, -0.2) is 0 Å². The molecule has 0 N–H and O–H groups in total. The van der Waals surface area contributed by atoms with E-state index in [1.165, 1.54) is 0 Å². The van der Waals surface area contributed by atoms with Gasteiger partial charge in [0.15, 0.2) is 0 Å². The zero-order chi connectivity index (χ0) is 18.3. The van der Waals surface area contributed by atoms with Gasteiger partial charge in [0.25, 0.3) is 0 Å². The normalized spacial score (nSPS) is 31.5. The standard InChI is InChI=1S/C21H25NO4/c1-3-5-12-25-20(24)17-16-10-11-21(26-16)13-22(19(23)18(17)21)15-9-7-6-8-14(15)4-2/h6-11,16-18H,3-5,12-13H2,1-2H3/t16-,17+,18+,21+/m1/s1. The van der Waals surface area contributed by atoms with Gasteiger partial charge in [-0.2, -0.15) is 0 Å². The van der Waals surface area contributed by atoms with E-state index in [0.29, 0.717) is 13.2 Å². The number of nitrogens with zero attached hydrogens (tertiary/aromatic N) is 1. The molecule has 2 bridgehead atoms. The molecule has 138 valence electrons. The smallest absolute Gasteiger partial charge is 0.312 e. The number of rotatable bonds is 6. The first-order chi connectivity index (χ1) is 12.6. The van der Waals surface area contributed by atoms with Crippen LogP contribution in [0.4, 0.5) is 5.69 Å². The number of amides is 1. The molecule has 1 aromatic carbocycles. The van der Waals surface area contributed by atoms with Gasteiger partial charge in [-0.15, -0.1) is 0 Å². The molecule has 0 saturated carbocycles. The predicted octanol–water partition coefficient (Wildman–Crippen LogP) is 2.88. The van der Waals surface area contributed by atoms with Crippen molar-refractivity contribution in [3.63, 3.8) is 0 Å². The van der Waals surface area contributed by atoms with E-state index in [-0.39, 0.29) is 18.0 Å². The van der Waals surface area contributed by atoms with Gasteiger partial charge in [0.05, 0.1) is 25.2 Å². The molecule has 2 fully saturated rings. The van der Waals surface area contributed by atoms with E-state index in [2.05, 4.69) is 13.8 Å². The van der Waals surface area contributed by atoms with Crippen molar-refractivity contribution in [3.05, 3.63) is 42.0 Å². The van der Waals surface area contributed by atoms with Crippen LogP contribution in [0, 0.1) is 11.8 Å². The predicted molar refractivity (Wildman–Crippen MR) is 97.8 cm³/mol. The van der Waals surface area contributed by atoms with Gasteiger partial charge in [-0.05, 0) is 24.5 Å². The fourth-order valence-electron chi connectivity index (χ4n) is 4.46. The van der Waals surface area contributed by atoms with E-state index in [1.54, 1.807) is 4.90 Å². The fourth-order valence-corrected chi connectivity index (χ4v) is 4.46. The molecule has 5 heteroatoms. The molecular formula is C21H25NO4. The van der Waals surface area contributed by atoms with Gasteiger partial charge in [0, 0.05) is 5.69 Å². The summed E-state index contributed by atoms with van der Waals surface area (Å²) in [5, 5.41) is 0. The molecule has 4 atom stereocenters. The van der Waals surface area contributed by atoms with Gasteiger partial charge >= 0.3 is 5.97 Å². The second kappa shape index (κ2) is 6.54. The number of carbonyl (C=O) groups is 2. The summed E-state index contributed by atoms with van der Waals surface area (Å²) in [5.41, 5.74) is 1.34. The number of aryl methyl sites for hydroxylation is 1. The second-order valence-electron chi connectivity index (χ2n) is 7.33. The number of benzene rings is 1. The van der Waals surface area contributed by atoms with E-state index >= 15 is 0 Å². The van der Waals surface area contributed by atoms with Crippen molar-refractivity contribution in [2.75, 3.05) is 18.1 Å². The molecule has 3 aliphatic rings. The van der Waals surface area contributed by atoms with Crippen LogP contribution in [0.15, 0.2) is 36.4 Å². The summed E-state index contributed by atoms with van der Waals surface area (Å²) in [6.45, 7) is 4.99. The van der Waals surface area contributed by atoms with E-state index < -0.39 is 17.4 Å². The van der Waals surface area contributed by atoms with E-state index in [9.17, 15) is 9.59 Å². The lowest BCUT2D eigenvalue weighted by Gasteiger charge is -2.23. The first kappa shape index (κ1) is 17.3. The van der Waals surface area contributed by atoms with Gasteiger partial charge in [-0.3, -0.25) is 9.59 Å². The lowest BCUT2D eigenvalue weighted by atomic mass is 9.77. The zero-order valence-corrected chi connectivity index (χ0v) is 15.3. The van der Waals surface area contributed by atoms with Crippen LogP contribution < -0.4 is 4.90 Å². The third-order valence-corrected chi connectivity index (χ3v) is 5.78. The Hall–Kier alpha value is -2.14. The highest BCUT2D eigenvalue weighted by Crippen LogP contribution is 2.53. The summed E-state index contributed by atoms with van der Waals surface area (Å²) >= 11 is 0. The van der Waals surface area contributed by atoms with Crippen LogP contribution in [-0.4, -0.2) is 36.7 Å². The molecule has 0 aliphatic carbocycles.